The molecule has 230 valence electrons. The monoisotopic (exact) mass is 625 g/mol. The molecule has 8 aromatic carbocycles. The van der Waals surface area contributed by atoms with Crippen molar-refractivity contribution in [3.05, 3.63) is 163 Å². The van der Waals surface area contributed by atoms with E-state index in [4.69, 9.17) is 15.0 Å². The highest BCUT2D eigenvalue weighted by Gasteiger charge is 2.39. The topological polar surface area (TPSA) is 38.7 Å². The number of fused-ring (bicyclic) bond motifs is 13. The summed E-state index contributed by atoms with van der Waals surface area (Å²) >= 11 is 0. The highest BCUT2D eigenvalue weighted by Crippen LogP contribution is 2.56. The van der Waals surface area contributed by atoms with E-state index < -0.39 is 0 Å². The molecule has 9 aromatic rings. The Morgan fingerprint density at radius 2 is 0.878 bits per heavy atom. The lowest BCUT2D eigenvalue weighted by molar-refractivity contribution is 0.667. The van der Waals surface area contributed by atoms with Gasteiger partial charge in [-0.05, 0) is 71.4 Å². The highest BCUT2D eigenvalue weighted by atomic mass is 15.0. The Bertz CT molecular complexity index is 2730. The lowest BCUT2D eigenvalue weighted by Gasteiger charge is -2.26. The van der Waals surface area contributed by atoms with Gasteiger partial charge in [0.15, 0.2) is 17.5 Å². The number of aromatic nitrogens is 3. The minimum absolute atomic E-state index is 0.156. The summed E-state index contributed by atoms with van der Waals surface area (Å²) in [5, 5.41) is 10.2. The van der Waals surface area contributed by atoms with Gasteiger partial charge in [-0.1, -0.05) is 159 Å². The van der Waals surface area contributed by atoms with Gasteiger partial charge in [-0.15, -0.1) is 0 Å². The maximum Gasteiger partial charge on any atom is 0.164 e. The Kier molecular flexibility index (Phi) is 5.92. The Hall–Kier alpha value is -6.19. The van der Waals surface area contributed by atoms with Crippen LogP contribution in [0, 0.1) is 0 Å². The highest BCUT2D eigenvalue weighted by molar-refractivity contribution is 6.35. The molecule has 1 heterocycles. The first-order chi connectivity index (χ1) is 24.1. The van der Waals surface area contributed by atoms with E-state index in [-0.39, 0.29) is 5.41 Å². The zero-order valence-electron chi connectivity index (χ0n) is 27.3. The first-order valence-corrected chi connectivity index (χ1v) is 16.9. The summed E-state index contributed by atoms with van der Waals surface area (Å²) in [5.74, 6) is 1.99. The Labute approximate surface area is 284 Å². The standard InChI is InChI=1S/C46H31N3/c1-46(2)38-24-14-13-23-36(38)40-34-22-12-11-21-33(34)39-35-26-25-30(27-37(35)31-19-9-10-20-32(31)41(39)42(40)46)45-48-43(28-15-5-3-6-16-28)47-44(49-45)29-17-7-4-8-18-29/h3-27H,1-2H3. The number of nitrogens with zero attached hydrogens (tertiary/aromatic N) is 3. The summed E-state index contributed by atoms with van der Waals surface area (Å²) in [6, 6.07) is 54.0. The van der Waals surface area contributed by atoms with Crippen LogP contribution in [-0.4, -0.2) is 15.0 Å². The fourth-order valence-electron chi connectivity index (χ4n) is 8.27. The van der Waals surface area contributed by atoms with Crippen molar-refractivity contribution in [2.45, 2.75) is 19.3 Å². The van der Waals surface area contributed by atoms with Gasteiger partial charge >= 0.3 is 0 Å². The fraction of sp³-hybridized carbons (Fsp3) is 0.0652. The van der Waals surface area contributed by atoms with Gasteiger partial charge < -0.3 is 0 Å². The van der Waals surface area contributed by atoms with Crippen LogP contribution >= 0.6 is 0 Å². The first-order valence-electron chi connectivity index (χ1n) is 16.9. The SMILES string of the molecule is CC1(C)c2ccccc2-c2c1c1c3ccccc3c3cc(-c4nc(-c5ccccc5)nc(-c5ccccc5)n4)ccc3c1c1ccccc21. The maximum atomic E-state index is 5.07. The molecule has 0 atom stereocenters. The molecule has 49 heavy (non-hydrogen) atoms. The molecule has 0 fully saturated rings. The van der Waals surface area contributed by atoms with Gasteiger partial charge in [0.1, 0.15) is 0 Å². The Morgan fingerprint density at radius 1 is 0.388 bits per heavy atom. The average Bonchev–Trinajstić information content (AvgIpc) is 3.41. The lowest BCUT2D eigenvalue weighted by atomic mass is 9.77. The second-order valence-electron chi connectivity index (χ2n) is 13.6. The van der Waals surface area contributed by atoms with Gasteiger partial charge in [-0.2, -0.15) is 0 Å². The predicted molar refractivity (Wildman–Crippen MR) is 204 cm³/mol. The molecule has 0 aliphatic heterocycles. The first kappa shape index (κ1) is 27.9. The smallest absolute Gasteiger partial charge is 0.164 e. The molecule has 3 nitrogen and oxygen atoms in total. The van der Waals surface area contributed by atoms with Crippen molar-refractivity contribution in [1.82, 2.24) is 15.0 Å². The van der Waals surface area contributed by atoms with Crippen molar-refractivity contribution < 1.29 is 0 Å². The Balaban J connectivity index is 1.31. The summed E-state index contributed by atoms with van der Waals surface area (Å²) in [6.07, 6.45) is 0. The van der Waals surface area contributed by atoms with Crippen molar-refractivity contribution in [3.63, 3.8) is 0 Å². The van der Waals surface area contributed by atoms with E-state index in [1.165, 1.54) is 65.3 Å². The molecule has 3 heteroatoms. The third-order valence-electron chi connectivity index (χ3n) is 10.4. The molecule has 0 bridgehead atoms. The molecule has 0 N–H and O–H groups in total. The summed E-state index contributed by atoms with van der Waals surface area (Å²) in [4.78, 5) is 15.1. The van der Waals surface area contributed by atoms with Crippen molar-refractivity contribution in [3.8, 4) is 45.3 Å². The van der Waals surface area contributed by atoms with Gasteiger partial charge in [0, 0.05) is 22.1 Å². The van der Waals surface area contributed by atoms with Crippen LogP contribution in [0.25, 0.3) is 88.4 Å². The van der Waals surface area contributed by atoms with E-state index in [1.807, 2.05) is 36.4 Å². The molecular formula is C46H31N3. The number of hydrogen-bond acceptors (Lipinski definition) is 3. The fourth-order valence-corrected chi connectivity index (χ4v) is 8.27. The minimum atomic E-state index is -0.156. The summed E-state index contributed by atoms with van der Waals surface area (Å²) < 4.78 is 0. The van der Waals surface area contributed by atoms with E-state index in [2.05, 4.69) is 129 Å². The van der Waals surface area contributed by atoms with Gasteiger partial charge in [-0.25, -0.2) is 15.0 Å². The molecule has 0 spiro atoms. The van der Waals surface area contributed by atoms with Crippen LogP contribution in [0.4, 0.5) is 0 Å². The molecule has 0 saturated carbocycles. The van der Waals surface area contributed by atoms with Crippen LogP contribution in [0.1, 0.15) is 25.0 Å². The molecular weight excluding hydrogens is 595 g/mol. The molecule has 1 aliphatic rings. The zero-order valence-corrected chi connectivity index (χ0v) is 27.3. The lowest BCUT2D eigenvalue weighted by Crippen LogP contribution is -2.15. The number of rotatable bonds is 3. The summed E-state index contributed by atoms with van der Waals surface area (Å²) in [5.41, 5.74) is 8.26. The summed E-state index contributed by atoms with van der Waals surface area (Å²) in [7, 11) is 0. The van der Waals surface area contributed by atoms with Crippen molar-refractivity contribution in [2.24, 2.45) is 0 Å². The van der Waals surface area contributed by atoms with Crippen LogP contribution in [-0.2, 0) is 5.41 Å². The molecule has 1 aliphatic carbocycles. The Morgan fingerprint density at radius 3 is 1.53 bits per heavy atom. The van der Waals surface area contributed by atoms with Gasteiger partial charge in [0.2, 0.25) is 0 Å². The van der Waals surface area contributed by atoms with Crippen LogP contribution < -0.4 is 0 Å². The second kappa shape index (κ2) is 10.4. The van der Waals surface area contributed by atoms with Crippen LogP contribution in [0.5, 0.6) is 0 Å². The molecule has 0 unspecified atom stereocenters. The van der Waals surface area contributed by atoms with E-state index in [1.54, 1.807) is 0 Å². The predicted octanol–water partition coefficient (Wildman–Crippen LogP) is 11.8. The van der Waals surface area contributed by atoms with Crippen molar-refractivity contribution in [1.29, 1.82) is 0 Å². The van der Waals surface area contributed by atoms with Crippen molar-refractivity contribution >= 4 is 43.1 Å². The van der Waals surface area contributed by atoms with Gasteiger partial charge in [0.25, 0.3) is 0 Å². The van der Waals surface area contributed by atoms with E-state index >= 15 is 0 Å². The second-order valence-corrected chi connectivity index (χ2v) is 13.6. The third-order valence-corrected chi connectivity index (χ3v) is 10.4. The van der Waals surface area contributed by atoms with E-state index in [0.717, 1.165) is 16.7 Å². The van der Waals surface area contributed by atoms with Crippen LogP contribution in [0.15, 0.2) is 152 Å². The number of hydrogen-bond donors (Lipinski definition) is 0. The van der Waals surface area contributed by atoms with Crippen LogP contribution in [0.2, 0.25) is 0 Å². The molecule has 1 aromatic heterocycles. The zero-order chi connectivity index (χ0) is 32.7. The van der Waals surface area contributed by atoms with E-state index in [9.17, 15) is 0 Å². The molecule has 0 amide bonds. The maximum absolute atomic E-state index is 5.07. The van der Waals surface area contributed by atoms with Crippen molar-refractivity contribution in [2.75, 3.05) is 0 Å². The third kappa shape index (κ3) is 4.06. The normalized spacial score (nSPS) is 13.3. The molecule has 10 rings (SSSR count). The summed E-state index contributed by atoms with van der Waals surface area (Å²) in [6.45, 7) is 4.78. The average molecular weight is 626 g/mol. The number of benzene rings is 8. The quantitative estimate of drug-likeness (QED) is 0.183. The van der Waals surface area contributed by atoms with Gasteiger partial charge in [-0.3, -0.25) is 0 Å². The van der Waals surface area contributed by atoms with E-state index in [0.29, 0.717) is 17.5 Å². The largest absolute Gasteiger partial charge is 0.208 e. The molecule has 0 radical (unpaired) electrons. The molecule has 0 saturated heterocycles. The van der Waals surface area contributed by atoms with Crippen LogP contribution in [0.3, 0.4) is 0 Å². The van der Waals surface area contributed by atoms with Gasteiger partial charge in [0.05, 0.1) is 0 Å². The minimum Gasteiger partial charge on any atom is -0.208 e.